The maximum Gasteiger partial charge on any atom is 0.130 e. The van der Waals surface area contributed by atoms with Crippen molar-refractivity contribution in [3.8, 4) is 11.5 Å². The van der Waals surface area contributed by atoms with Crippen LogP contribution in [-0.4, -0.2) is 27.4 Å². The van der Waals surface area contributed by atoms with E-state index in [1.54, 1.807) is 14.2 Å². The number of benzene rings is 2. The second kappa shape index (κ2) is 12.7. The van der Waals surface area contributed by atoms with Crippen LogP contribution < -0.4 is 9.47 Å². The SMILES string of the molecule is COCc1cc(C)cc(COC)c1OCCOc1ccc(C(CC(C)C)C(C)C)cc1. The van der Waals surface area contributed by atoms with Gasteiger partial charge < -0.3 is 18.9 Å². The molecule has 0 aromatic heterocycles. The Hall–Kier alpha value is -2.04. The van der Waals surface area contributed by atoms with Crippen LogP contribution in [-0.2, 0) is 22.7 Å². The molecule has 0 heterocycles. The first-order valence-corrected chi connectivity index (χ1v) is 11.3. The molecule has 0 radical (unpaired) electrons. The van der Waals surface area contributed by atoms with Crippen LogP contribution in [0.4, 0.5) is 0 Å². The van der Waals surface area contributed by atoms with E-state index < -0.39 is 0 Å². The predicted octanol–water partition coefficient (Wildman–Crippen LogP) is 6.53. The van der Waals surface area contributed by atoms with Gasteiger partial charge in [-0.15, -0.1) is 0 Å². The highest BCUT2D eigenvalue weighted by Gasteiger charge is 2.17. The van der Waals surface area contributed by atoms with Crippen LogP contribution in [0.15, 0.2) is 36.4 Å². The molecule has 0 saturated carbocycles. The van der Waals surface area contributed by atoms with Gasteiger partial charge in [-0.25, -0.2) is 0 Å². The molecule has 0 aliphatic rings. The van der Waals surface area contributed by atoms with Crippen LogP contribution in [0.2, 0.25) is 0 Å². The lowest BCUT2D eigenvalue weighted by molar-refractivity contribution is 0.164. The number of methoxy groups -OCH3 is 2. The molecule has 0 spiro atoms. The molecule has 0 bridgehead atoms. The summed E-state index contributed by atoms with van der Waals surface area (Å²) in [4.78, 5) is 0. The van der Waals surface area contributed by atoms with Gasteiger partial charge in [0.05, 0.1) is 13.2 Å². The molecule has 2 aromatic carbocycles. The third-order valence-corrected chi connectivity index (χ3v) is 5.42. The lowest BCUT2D eigenvalue weighted by Crippen LogP contribution is -2.12. The van der Waals surface area contributed by atoms with E-state index in [0.29, 0.717) is 44.2 Å². The van der Waals surface area contributed by atoms with Crippen LogP contribution in [0.1, 0.15) is 62.3 Å². The van der Waals surface area contributed by atoms with E-state index in [1.807, 2.05) is 0 Å². The van der Waals surface area contributed by atoms with Crippen molar-refractivity contribution < 1.29 is 18.9 Å². The van der Waals surface area contributed by atoms with Crippen LogP contribution in [0.3, 0.4) is 0 Å². The van der Waals surface area contributed by atoms with Crippen LogP contribution in [0.5, 0.6) is 11.5 Å². The van der Waals surface area contributed by atoms with Crippen molar-refractivity contribution in [1.29, 1.82) is 0 Å². The van der Waals surface area contributed by atoms with Gasteiger partial charge in [-0.1, -0.05) is 57.5 Å². The molecule has 0 saturated heterocycles. The topological polar surface area (TPSA) is 36.9 Å². The maximum absolute atomic E-state index is 6.10. The Labute approximate surface area is 188 Å². The Kier molecular flexibility index (Phi) is 10.4. The van der Waals surface area contributed by atoms with Crippen molar-refractivity contribution in [3.63, 3.8) is 0 Å². The van der Waals surface area contributed by atoms with Crippen molar-refractivity contribution in [2.75, 3.05) is 27.4 Å². The van der Waals surface area contributed by atoms with Crippen molar-refractivity contribution in [3.05, 3.63) is 58.7 Å². The fourth-order valence-corrected chi connectivity index (χ4v) is 4.05. The minimum absolute atomic E-state index is 0.459. The Morgan fingerprint density at radius 1 is 0.774 bits per heavy atom. The first-order valence-electron chi connectivity index (χ1n) is 11.3. The highest BCUT2D eigenvalue weighted by molar-refractivity contribution is 5.44. The summed E-state index contributed by atoms with van der Waals surface area (Å²) < 4.78 is 22.7. The Morgan fingerprint density at radius 2 is 1.32 bits per heavy atom. The molecule has 2 rings (SSSR count). The van der Waals surface area contributed by atoms with Crippen molar-refractivity contribution in [1.82, 2.24) is 0 Å². The van der Waals surface area contributed by atoms with Gasteiger partial charge in [-0.2, -0.15) is 0 Å². The van der Waals surface area contributed by atoms with Gasteiger partial charge in [0.1, 0.15) is 24.7 Å². The Morgan fingerprint density at radius 3 is 1.81 bits per heavy atom. The number of hydrogen-bond acceptors (Lipinski definition) is 4. The van der Waals surface area contributed by atoms with Gasteiger partial charge in [0, 0.05) is 25.3 Å². The molecule has 1 atom stereocenters. The largest absolute Gasteiger partial charge is 0.490 e. The monoisotopic (exact) mass is 428 g/mol. The number of hydrogen-bond donors (Lipinski definition) is 0. The van der Waals surface area contributed by atoms with Crippen molar-refractivity contribution in [2.45, 2.75) is 60.2 Å². The summed E-state index contributed by atoms with van der Waals surface area (Å²) in [5.74, 6) is 3.60. The predicted molar refractivity (Wildman–Crippen MR) is 127 cm³/mol. The lowest BCUT2D eigenvalue weighted by atomic mass is 9.82. The summed E-state index contributed by atoms with van der Waals surface area (Å²) >= 11 is 0. The summed E-state index contributed by atoms with van der Waals surface area (Å²) in [6, 6.07) is 12.8. The molecule has 172 valence electrons. The summed E-state index contributed by atoms with van der Waals surface area (Å²) in [5.41, 5.74) is 4.62. The van der Waals surface area contributed by atoms with E-state index in [4.69, 9.17) is 18.9 Å². The molecule has 31 heavy (non-hydrogen) atoms. The number of rotatable bonds is 13. The standard InChI is InChI=1S/C27H40O4/c1-19(2)14-26(20(3)4)22-8-10-25(11-9-22)30-12-13-31-27-23(17-28-6)15-21(5)16-24(27)18-29-7/h8-11,15-16,19-20,26H,12-14,17-18H2,1-7H3. The minimum atomic E-state index is 0.459. The molecule has 1 unspecified atom stereocenters. The zero-order chi connectivity index (χ0) is 22.8. The molecular weight excluding hydrogens is 388 g/mol. The summed E-state index contributed by atoms with van der Waals surface area (Å²) in [6.45, 7) is 13.2. The Bertz CT molecular complexity index is 753. The highest BCUT2D eigenvalue weighted by atomic mass is 16.5. The van der Waals surface area contributed by atoms with Gasteiger partial charge in [0.25, 0.3) is 0 Å². The van der Waals surface area contributed by atoms with E-state index in [1.165, 1.54) is 17.5 Å². The first kappa shape index (κ1) is 25.2. The molecule has 0 N–H and O–H groups in total. The second-order valence-corrected chi connectivity index (χ2v) is 9.02. The average Bonchev–Trinajstić information content (AvgIpc) is 2.71. The van der Waals surface area contributed by atoms with Gasteiger partial charge in [0.15, 0.2) is 0 Å². The van der Waals surface area contributed by atoms with Gasteiger partial charge in [0.2, 0.25) is 0 Å². The van der Waals surface area contributed by atoms with Gasteiger partial charge in [-0.05, 0) is 48.8 Å². The van der Waals surface area contributed by atoms with Crippen molar-refractivity contribution >= 4 is 0 Å². The molecule has 0 amide bonds. The third kappa shape index (κ3) is 7.86. The van der Waals surface area contributed by atoms with Crippen molar-refractivity contribution in [2.24, 2.45) is 11.8 Å². The molecule has 2 aromatic rings. The van der Waals surface area contributed by atoms with E-state index >= 15 is 0 Å². The number of ether oxygens (including phenoxy) is 4. The normalized spacial score (nSPS) is 12.4. The molecule has 0 aliphatic carbocycles. The van der Waals surface area contributed by atoms with Crippen LogP contribution >= 0.6 is 0 Å². The Balaban J connectivity index is 1.97. The van der Waals surface area contributed by atoms with E-state index in [0.717, 1.165) is 22.6 Å². The van der Waals surface area contributed by atoms with Gasteiger partial charge in [-0.3, -0.25) is 0 Å². The lowest BCUT2D eigenvalue weighted by Gasteiger charge is -2.23. The molecule has 4 nitrogen and oxygen atoms in total. The third-order valence-electron chi connectivity index (χ3n) is 5.42. The summed E-state index contributed by atoms with van der Waals surface area (Å²) in [6.07, 6.45) is 1.20. The minimum Gasteiger partial charge on any atom is -0.490 e. The zero-order valence-electron chi connectivity index (χ0n) is 20.4. The first-order chi connectivity index (χ1) is 14.8. The van der Waals surface area contributed by atoms with E-state index in [2.05, 4.69) is 71.0 Å². The zero-order valence-corrected chi connectivity index (χ0v) is 20.4. The maximum atomic E-state index is 6.10. The van der Waals surface area contributed by atoms with Gasteiger partial charge >= 0.3 is 0 Å². The number of aryl methyl sites for hydroxylation is 1. The second-order valence-electron chi connectivity index (χ2n) is 9.02. The fourth-order valence-electron chi connectivity index (χ4n) is 4.05. The van der Waals surface area contributed by atoms with E-state index in [9.17, 15) is 0 Å². The summed E-state index contributed by atoms with van der Waals surface area (Å²) in [7, 11) is 3.39. The smallest absolute Gasteiger partial charge is 0.130 e. The average molecular weight is 429 g/mol. The quantitative estimate of drug-likeness (QED) is 0.340. The highest BCUT2D eigenvalue weighted by Crippen LogP contribution is 2.32. The van der Waals surface area contributed by atoms with E-state index in [-0.39, 0.29) is 0 Å². The molecule has 0 aliphatic heterocycles. The fraction of sp³-hybridized carbons (Fsp3) is 0.556. The molecule has 0 fully saturated rings. The van der Waals surface area contributed by atoms with Crippen LogP contribution in [0, 0.1) is 18.8 Å². The summed E-state index contributed by atoms with van der Waals surface area (Å²) in [5, 5.41) is 0. The molecular formula is C27H40O4. The molecule has 4 heteroatoms. The van der Waals surface area contributed by atoms with Crippen LogP contribution in [0.25, 0.3) is 0 Å².